The predicted molar refractivity (Wildman–Crippen MR) is 68.5 cm³/mol. The van der Waals surface area contributed by atoms with Gasteiger partial charge in [-0.3, -0.25) is 4.90 Å². The lowest BCUT2D eigenvalue weighted by Crippen LogP contribution is -2.33. The van der Waals surface area contributed by atoms with Gasteiger partial charge in [0, 0.05) is 11.6 Å². The minimum atomic E-state index is -0.636. The van der Waals surface area contributed by atoms with Crippen molar-refractivity contribution < 1.29 is 18.7 Å². The lowest BCUT2D eigenvalue weighted by Gasteiger charge is -2.27. The molecule has 1 aliphatic carbocycles. The minimum Gasteiger partial charge on any atom is -0.496 e. The van der Waals surface area contributed by atoms with E-state index in [1.807, 2.05) is 11.9 Å². The van der Waals surface area contributed by atoms with E-state index in [9.17, 15) is 9.18 Å². The topological polar surface area (TPSA) is 38.8 Å². The van der Waals surface area contributed by atoms with Crippen molar-refractivity contribution in [3.05, 3.63) is 29.6 Å². The first-order chi connectivity index (χ1) is 9.08. The molecule has 0 bridgehead atoms. The lowest BCUT2D eigenvalue weighted by atomic mass is 10.0. The number of ether oxygens (including phenoxy) is 2. The van der Waals surface area contributed by atoms with Gasteiger partial charge in [0.2, 0.25) is 0 Å². The van der Waals surface area contributed by atoms with Crippen molar-refractivity contribution in [2.24, 2.45) is 0 Å². The summed E-state index contributed by atoms with van der Waals surface area (Å²) in [6, 6.07) is 3.88. The largest absolute Gasteiger partial charge is 0.496 e. The highest BCUT2D eigenvalue weighted by Gasteiger charge is 2.37. The van der Waals surface area contributed by atoms with Crippen molar-refractivity contribution in [2.45, 2.75) is 24.9 Å². The number of halogens is 1. The molecule has 0 aliphatic heterocycles. The summed E-state index contributed by atoms with van der Waals surface area (Å²) in [6.45, 7) is 0. The number of likely N-dealkylation sites (N-methyl/N-ethyl adjacent to an activating group) is 1. The van der Waals surface area contributed by atoms with Gasteiger partial charge >= 0.3 is 5.97 Å². The quantitative estimate of drug-likeness (QED) is 0.766. The van der Waals surface area contributed by atoms with E-state index in [0.717, 1.165) is 12.8 Å². The zero-order valence-electron chi connectivity index (χ0n) is 11.4. The number of benzene rings is 1. The first kappa shape index (κ1) is 13.8. The highest BCUT2D eigenvalue weighted by molar-refractivity contribution is 5.78. The molecule has 104 valence electrons. The van der Waals surface area contributed by atoms with E-state index in [1.165, 1.54) is 32.4 Å². The number of carbonyl (C=O) groups excluding carboxylic acids is 1. The lowest BCUT2D eigenvalue weighted by molar-refractivity contribution is -0.147. The maximum atomic E-state index is 13.5. The smallest absolute Gasteiger partial charge is 0.327 e. The molecule has 0 radical (unpaired) electrons. The minimum absolute atomic E-state index is 0.345. The van der Waals surface area contributed by atoms with E-state index in [2.05, 4.69) is 0 Å². The molecule has 5 heteroatoms. The van der Waals surface area contributed by atoms with Crippen LogP contribution in [0.5, 0.6) is 5.75 Å². The van der Waals surface area contributed by atoms with Crippen LogP contribution in [0.3, 0.4) is 0 Å². The number of hydrogen-bond donors (Lipinski definition) is 0. The fourth-order valence-electron chi connectivity index (χ4n) is 2.24. The fraction of sp³-hybridized carbons (Fsp3) is 0.500. The van der Waals surface area contributed by atoms with E-state index in [-0.39, 0.29) is 0 Å². The SMILES string of the molecule is COC(=O)C(c1cc(F)ccc1OC)N(C)C1CC1. The summed E-state index contributed by atoms with van der Waals surface area (Å²) in [5, 5.41) is 0. The van der Waals surface area contributed by atoms with Crippen molar-refractivity contribution in [3.8, 4) is 5.75 Å². The number of esters is 1. The van der Waals surface area contributed by atoms with Crippen molar-refractivity contribution >= 4 is 5.97 Å². The molecule has 0 aromatic heterocycles. The van der Waals surface area contributed by atoms with Gasteiger partial charge in [-0.2, -0.15) is 0 Å². The van der Waals surface area contributed by atoms with Gasteiger partial charge < -0.3 is 9.47 Å². The van der Waals surface area contributed by atoms with Crippen molar-refractivity contribution in [1.82, 2.24) is 4.90 Å². The Balaban J connectivity index is 2.41. The number of nitrogens with zero attached hydrogens (tertiary/aromatic N) is 1. The van der Waals surface area contributed by atoms with Crippen LogP contribution in [0.25, 0.3) is 0 Å². The summed E-state index contributed by atoms with van der Waals surface area (Å²) >= 11 is 0. The first-order valence-electron chi connectivity index (χ1n) is 6.21. The third-order valence-corrected chi connectivity index (χ3v) is 3.44. The number of rotatable bonds is 5. The Bertz CT molecular complexity index is 474. The predicted octanol–water partition coefficient (Wildman–Crippen LogP) is 2.14. The third-order valence-electron chi connectivity index (χ3n) is 3.44. The zero-order valence-corrected chi connectivity index (χ0v) is 11.4. The van der Waals surface area contributed by atoms with Gasteiger partial charge in [-0.05, 0) is 38.1 Å². The van der Waals surface area contributed by atoms with Crippen LogP contribution in [0.2, 0.25) is 0 Å². The van der Waals surface area contributed by atoms with Crippen LogP contribution in [0, 0.1) is 5.82 Å². The Kier molecular flexibility index (Phi) is 4.04. The Morgan fingerprint density at radius 2 is 2.11 bits per heavy atom. The second-order valence-electron chi connectivity index (χ2n) is 4.71. The van der Waals surface area contributed by atoms with Crippen LogP contribution in [-0.2, 0) is 9.53 Å². The molecule has 1 aromatic carbocycles. The number of hydrogen-bond acceptors (Lipinski definition) is 4. The Morgan fingerprint density at radius 3 is 2.63 bits per heavy atom. The zero-order chi connectivity index (χ0) is 14.0. The Morgan fingerprint density at radius 1 is 1.42 bits per heavy atom. The second-order valence-corrected chi connectivity index (χ2v) is 4.71. The van der Waals surface area contributed by atoms with Crippen molar-refractivity contribution in [2.75, 3.05) is 21.3 Å². The standard InChI is InChI=1S/C14H18FNO3/c1-16(10-5-6-10)13(14(17)19-3)11-8-9(15)4-7-12(11)18-2/h4,7-8,10,13H,5-6H2,1-3H3. The molecular formula is C14H18FNO3. The molecule has 0 amide bonds. The van der Waals surface area contributed by atoms with Crippen molar-refractivity contribution in [3.63, 3.8) is 0 Å². The summed E-state index contributed by atoms with van der Waals surface area (Å²) in [4.78, 5) is 13.9. The van der Waals surface area contributed by atoms with Crippen molar-refractivity contribution in [1.29, 1.82) is 0 Å². The molecule has 1 fully saturated rings. The third kappa shape index (κ3) is 2.87. The van der Waals surface area contributed by atoms with Gasteiger partial charge in [-0.1, -0.05) is 0 Å². The average Bonchev–Trinajstić information content (AvgIpc) is 3.23. The van der Waals surface area contributed by atoms with Gasteiger partial charge in [0.25, 0.3) is 0 Å². The molecule has 0 spiro atoms. The van der Waals surface area contributed by atoms with Crippen LogP contribution >= 0.6 is 0 Å². The summed E-state index contributed by atoms with van der Waals surface area (Å²) < 4.78 is 23.5. The average molecular weight is 267 g/mol. The normalized spacial score (nSPS) is 16.3. The maximum absolute atomic E-state index is 13.5. The van der Waals surface area contributed by atoms with Crippen LogP contribution in [0.15, 0.2) is 18.2 Å². The van der Waals surface area contributed by atoms with E-state index in [4.69, 9.17) is 9.47 Å². The monoisotopic (exact) mass is 267 g/mol. The molecule has 19 heavy (non-hydrogen) atoms. The molecule has 0 N–H and O–H groups in total. The second kappa shape index (κ2) is 5.57. The van der Waals surface area contributed by atoms with Gasteiger partial charge in [-0.15, -0.1) is 0 Å². The molecule has 1 atom stereocenters. The molecule has 0 heterocycles. The van der Waals surface area contributed by atoms with Crippen LogP contribution in [0.4, 0.5) is 4.39 Å². The fourth-order valence-corrected chi connectivity index (χ4v) is 2.24. The Hall–Kier alpha value is -1.62. The summed E-state index contributed by atoms with van der Waals surface area (Å²) in [5.74, 6) is -0.309. The molecular weight excluding hydrogens is 249 g/mol. The van der Waals surface area contributed by atoms with E-state index < -0.39 is 17.8 Å². The summed E-state index contributed by atoms with van der Waals surface area (Å²) in [5.41, 5.74) is 0.503. The first-order valence-corrected chi connectivity index (χ1v) is 6.21. The van der Waals surface area contributed by atoms with E-state index in [1.54, 1.807) is 0 Å². The van der Waals surface area contributed by atoms with E-state index in [0.29, 0.717) is 17.4 Å². The highest BCUT2D eigenvalue weighted by Crippen LogP contribution is 2.37. The molecule has 1 aromatic rings. The molecule has 4 nitrogen and oxygen atoms in total. The van der Waals surface area contributed by atoms with Gasteiger partial charge in [-0.25, -0.2) is 9.18 Å². The van der Waals surface area contributed by atoms with Gasteiger partial charge in [0.1, 0.15) is 17.6 Å². The Labute approximate surface area is 112 Å². The number of methoxy groups -OCH3 is 2. The van der Waals surface area contributed by atoms with Crippen LogP contribution < -0.4 is 4.74 Å². The molecule has 0 saturated heterocycles. The highest BCUT2D eigenvalue weighted by atomic mass is 19.1. The number of carbonyl (C=O) groups is 1. The van der Waals surface area contributed by atoms with Gasteiger partial charge in [0.05, 0.1) is 14.2 Å². The summed E-state index contributed by atoms with van der Waals surface area (Å²) in [6.07, 6.45) is 2.09. The van der Waals surface area contributed by atoms with E-state index >= 15 is 0 Å². The molecule has 1 saturated carbocycles. The molecule has 2 rings (SSSR count). The van der Waals surface area contributed by atoms with Crippen LogP contribution in [-0.4, -0.2) is 38.2 Å². The van der Waals surface area contributed by atoms with Gasteiger partial charge in [0.15, 0.2) is 0 Å². The molecule has 1 aliphatic rings. The summed E-state index contributed by atoms with van der Waals surface area (Å²) in [7, 11) is 4.69. The van der Waals surface area contributed by atoms with Crippen LogP contribution in [0.1, 0.15) is 24.4 Å². The molecule has 1 unspecified atom stereocenters. The maximum Gasteiger partial charge on any atom is 0.327 e.